The van der Waals surface area contributed by atoms with E-state index in [1.54, 1.807) is 16.4 Å². The maximum absolute atomic E-state index is 12.9. The van der Waals surface area contributed by atoms with Gasteiger partial charge in [-0.15, -0.1) is 0 Å². The number of sulfonamides is 1. The summed E-state index contributed by atoms with van der Waals surface area (Å²) in [7, 11) is -3.48. The van der Waals surface area contributed by atoms with E-state index in [9.17, 15) is 18.0 Å². The van der Waals surface area contributed by atoms with Gasteiger partial charge in [0, 0.05) is 45.6 Å². The van der Waals surface area contributed by atoms with Crippen molar-refractivity contribution in [2.24, 2.45) is 5.92 Å². The number of carbonyl (C=O) groups is 2. The van der Waals surface area contributed by atoms with E-state index in [1.807, 2.05) is 24.0 Å². The Bertz CT molecular complexity index is 838. The van der Waals surface area contributed by atoms with E-state index < -0.39 is 10.0 Å². The number of nitrogens with one attached hydrogen (secondary N) is 1. The average molecular weight is 436 g/mol. The summed E-state index contributed by atoms with van der Waals surface area (Å²) in [5.41, 5.74) is 1.03. The van der Waals surface area contributed by atoms with Crippen molar-refractivity contribution in [3.63, 3.8) is 0 Å². The molecule has 1 N–H and O–H groups in total. The number of aryl methyl sites for hydroxylation is 1. The standard InChI is InChI=1S/C22H33N3O4S/c1-18-7-10-20(11-8-18)30(28,29)25-16-2-5-19(17-25)9-12-21(26)23-13-4-15-24-14-3-6-22(24)27/h7-8,10-11,19H,2-6,9,12-17H2,1H3,(H,23,26). The molecule has 30 heavy (non-hydrogen) atoms. The van der Waals surface area contributed by atoms with Gasteiger partial charge in [-0.05, 0) is 57.1 Å². The van der Waals surface area contributed by atoms with Gasteiger partial charge in [-0.3, -0.25) is 9.59 Å². The predicted molar refractivity (Wildman–Crippen MR) is 115 cm³/mol. The average Bonchev–Trinajstić information content (AvgIpc) is 3.15. The van der Waals surface area contributed by atoms with Gasteiger partial charge < -0.3 is 10.2 Å². The summed E-state index contributed by atoms with van der Waals surface area (Å²) in [4.78, 5) is 25.9. The van der Waals surface area contributed by atoms with E-state index in [1.165, 1.54) is 0 Å². The molecule has 7 nitrogen and oxygen atoms in total. The third-order valence-electron chi connectivity index (χ3n) is 6.02. The minimum absolute atomic E-state index is 0.00117. The number of carbonyl (C=O) groups excluding carboxylic acids is 2. The largest absolute Gasteiger partial charge is 0.356 e. The number of hydrogen-bond donors (Lipinski definition) is 1. The molecular weight excluding hydrogens is 402 g/mol. The van der Waals surface area contributed by atoms with Crippen molar-refractivity contribution in [1.82, 2.24) is 14.5 Å². The lowest BCUT2D eigenvalue weighted by atomic mass is 9.94. The van der Waals surface area contributed by atoms with Gasteiger partial charge in [0.05, 0.1) is 4.90 Å². The third kappa shape index (κ3) is 6.04. The van der Waals surface area contributed by atoms with Crippen LogP contribution >= 0.6 is 0 Å². The molecule has 1 unspecified atom stereocenters. The Morgan fingerprint density at radius 3 is 2.63 bits per heavy atom. The third-order valence-corrected chi connectivity index (χ3v) is 7.90. The molecule has 2 heterocycles. The molecule has 2 saturated heterocycles. The Kier molecular flexibility index (Phi) is 7.88. The predicted octanol–water partition coefficient (Wildman–Crippen LogP) is 2.30. The van der Waals surface area contributed by atoms with E-state index in [4.69, 9.17) is 0 Å². The zero-order valence-corrected chi connectivity index (χ0v) is 18.6. The highest BCUT2D eigenvalue weighted by Crippen LogP contribution is 2.26. The van der Waals surface area contributed by atoms with Crippen LogP contribution in [0.3, 0.4) is 0 Å². The van der Waals surface area contributed by atoms with Crippen LogP contribution in [-0.4, -0.2) is 62.2 Å². The highest BCUT2D eigenvalue weighted by Gasteiger charge is 2.30. The van der Waals surface area contributed by atoms with Gasteiger partial charge in [0.2, 0.25) is 21.8 Å². The first kappa shape index (κ1) is 22.7. The van der Waals surface area contributed by atoms with Gasteiger partial charge in [0.15, 0.2) is 0 Å². The van der Waals surface area contributed by atoms with E-state index in [-0.39, 0.29) is 17.7 Å². The topological polar surface area (TPSA) is 86.8 Å². The summed E-state index contributed by atoms with van der Waals surface area (Å²) in [6.45, 7) is 5.05. The monoisotopic (exact) mass is 435 g/mol. The number of likely N-dealkylation sites (tertiary alicyclic amines) is 1. The van der Waals surface area contributed by atoms with Gasteiger partial charge >= 0.3 is 0 Å². The van der Waals surface area contributed by atoms with E-state index in [0.717, 1.165) is 37.8 Å². The summed E-state index contributed by atoms with van der Waals surface area (Å²) in [6.07, 6.45) is 5.21. The smallest absolute Gasteiger partial charge is 0.243 e. The van der Waals surface area contributed by atoms with Gasteiger partial charge in [0.1, 0.15) is 0 Å². The van der Waals surface area contributed by atoms with Crippen molar-refractivity contribution < 1.29 is 18.0 Å². The Balaban J connectivity index is 1.39. The zero-order chi connectivity index (χ0) is 21.6. The second kappa shape index (κ2) is 10.4. The molecule has 2 fully saturated rings. The van der Waals surface area contributed by atoms with Crippen molar-refractivity contribution in [2.75, 3.05) is 32.7 Å². The minimum atomic E-state index is -3.48. The van der Waals surface area contributed by atoms with Crippen LogP contribution in [0.15, 0.2) is 29.2 Å². The fourth-order valence-corrected chi connectivity index (χ4v) is 5.76. The van der Waals surface area contributed by atoms with Crippen LogP contribution in [-0.2, 0) is 19.6 Å². The summed E-state index contributed by atoms with van der Waals surface area (Å²) < 4.78 is 27.4. The molecule has 3 rings (SSSR count). The highest BCUT2D eigenvalue weighted by atomic mass is 32.2. The molecule has 2 aliphatic heterocycles. The molecule has 0 aromatic heterocycles. The Morgan fingerprint density at radius 2 is 1.93 bits per heavy atom. The molecule has 2 aliphatic rings. The second-order valence-electron chi connectivity index (χ2n) is 8.41. The second-order valence-corrected chi connectivity index (χ2v) is 10.3. The lowest BCUT2D eigenvalue weighted by Gasteiger charge is -2.32. The number of nitrogens with zero attached hydrogens (tertiary/aromatic N) is 2. The normalized spacial score (nSPS) is 20.5. The minimum Gasteiger partial charge on any atom is -0.356 e. The fraction of sp³-hybridized carbons (Fsp3) is 0.636. The molecule has 1 aromatic rings. The van der Waals surface area contributed by atoms with Crippen molar-refractivity contribution in [3.05, 3.63) is 29.8 Å². The van der Waals surface area contributed by atoms with Crippen LogP contribution < -0.4 is 5.32 Å². The van der Waals surface area contributed by atoms with Crippen LogP contribution in [0.2, 0.25) is 0 Å². The van der Waals surface area contributed by atoms with Crippen molar-refractivity contribution in [3.8, 4) is 0 Å². The first-order valence-corrected chi connectivity index (χ1v) is 12.4. The van der Waals surface area contributed by atoms with Crippen LogP contribution in [0.4, 0.5) is 0 Å². The maximum atomic E-state index is 12.9. The van der Waals surface area contributed by atoms with Gasteiger partial charge in [-0.2, -0.15) is 4.31 Å². The molecule has 8 heteroatoms. The quantitative estimate of drug-likeness (QED) is 0.603. The highest BCUT2D eigenvalue weighted by molar-refractivity contribution is 7.89. The van der Waals surface area contributed by atoms with Crippen LogP contribution in [0, 0.1) is 12.8 Å². The Hall–Kier alpha value is -1.93. The molecule has 0 aliphatic carbocycles. The molecule has 1 atom stereocenters. The molecule has 0 saturated carbocycles. The number of piperidine rings is 1. The molecule has 166 valence electrons. The maximum Gasteiger partial charge on any atom is 0.243 e. The Labute approximate surface area is 179 Å². The number of hydrogen-bond acceptors (Lipinski definition) is 4. The summed E-state index contributed by atoms with van der Waals surface area (Å²) in [5, 5.41) is 2.92. The van der Waals surface area contributed by atoms with Crippen LogP contribution in [0.25, 0.3) is 0 Å². The first-order valence-electron chi connectivity index (χ1n) is 11.0. The Morgan fingerprint density at radius 1 is 1.17 bits per heavy atom. The van der Waals surface area contributed by atoms with E-state index in [2.05, 4.69) is 5.32 Å². The molecule has 0 radical (unpaired) electrons. The van der Waals surface area contributed by atoms with Crippen molar-refractivity contribution in [2.45, 2.75) is 56.8 Å². The van der Waals surface area contributed by atoms with Crippen molar-refractivity contribution >= 4 is 21.8 Å². The molecule has 0 bridgehead atoms. The summed E-state index contributed by atoms with van der Waals surface area (Å²) in [5.74, 6) is 0.414. The summed E-state index contributed by atoms with van der Waals surface area (Å²) in [6, 6.07) is 6.96. The van der Waals surface area contributed by atoms with E-state index in [0.29, 0.717) is 50.3 Å². The molecule has 2 amide bonds. The number of benzene rings is 1. The van der Waals surface area contributed by atoms with Gasteiger partial charge in [-0.25, -0.2) is 8.42 Å². The summed E-state index contributed by atoms with van der Waals surface area (Å²) >= 11 is 0. The fourth-order valence-electron chi connectivity index (χ4n) is 4.20. The van der Waals surface area contributed by atoms with Gasteiger partial charge in [-0.1, -0.05) is 17.7 Å². The molecule has 1 aromatic carbocycles. The molecular formula is C22H33N3O4S. The molecule has 0 spiro atoms. The first-order chi connectivity index (χ1) is 14.4. The SMILES string of the molecule is Cc1ccc(S(=O)(=O)N2CCCC(CCC(=O)NCCCN3CCCC3=O)C2)cc1. The number of amides is 2. The van der Waals surface area contributed by atoms with Gasteiger partial charge in [0.25, 0.3) is 0 Å². The lowest BCUT2D eigenvalue weighted by molar-refractivity contribution is -0.127. The van der Waals surface area contributed by atoms with Crippen LogP contribution in [0.1, 0.15) is 50.5 Å². The number of rotatable bonds is 9. The van der Waals surface area contributed by atoms with E-state index >= 15 is 0 Å². The lowest BCUT2D eigenvalue weighted by Crippen LogP contribution is -2.40. The zero-order valence-electron chi connectivity index (χ0n) is 17.8. The van der Waals surface area contributed by atoms with Crippen molar-refractivity contribution in [1.29, 1.82) is 0 Å². The van der Waals surface area contributed by atoms with Crippen LogP contribution in [0.5, 0.6) is 0 Å².